The van der Waals surface area contributed by atoms with Crippen molar-refractivity contribution in [2.75, 3.05) is 26.8 Å². The highest BCUT2D eigenvalue weighted by Crippen LogP contribution is 2.36. The SMILES string of the molecule is COCCN1C(=O)CC[C@@H](C(=O)NCCn2cccn2)[C@H]1c1ccc(C)cc1. The van der Waals surface area contributed by atoms with Crippen molar-refractivity contribution in [1.29, 1.82) is 0 Å². The summed E-state index contributed by atoms with van der Waals surface area (Å²) >= 11 is 0. The predicted molar refractivity (Wildman–Crippen MR) is 105 cm³/mol. The van der Waals surface area contributed by atoms with Gasteiger partial charge < -0.3 is 15.0 Å². The summed E-state index contributed by atoms with van der Waals surface area (Å²) in [6.07, 6.45) is 4.51. The molecule has 2 heterocycles. The fourth-order valence-corrected chi connectivity index (χ4v) is 3.71. The smallest absolute Gasteiger partial charge is 0.225 e. The van der Waals surface area contributed by atoms with Gasteiger partial charge in [0, 0.05) is 39.0 Å². The van der Waals surface area contributed by atoms with Gasteiger partial charge in [0.15, 0.2) is 0 Å². The van der Waals surface area contributed by atoms with Crippen LogP contribution in [0.5, 0.6) is 0 Å². The summed E-state index contributed by atoms with van der Waals surface area (Å²) in [6.45, 7) is 4.07. The molecule has 1 aromatic heterocycles. The number of rotatable bonds is 8. The van der Waals surface area contributed by atoms with Crippen molar-refractivity contribution in [1.82, 2.24) is 20.0 Å². The number of nitrogens with zero attached hydrogens (tertiary/aromatic N) is 3. The zero-order valence-corrected chi connectivity index (χ0v) is 16.5. The second-order valence-corrected chi connectivity index (χ2v) is 7.14. The minimum Gasteiger partial charge on any atom is -0.383 e. The van der Waals surface area contributed by atoms with Gasteiger partial charge in [-0.1, -0.05) is 29.8 Å². The van der Waals surface area contributed by atoms with E-state index in [9.17, 15) is 9.59 Å². The first-order valence-electron chi connectivity index (χ1n) is 9.70. The quantitative estimate of drug-likeness (QED) is 0.755. The number of piperidine rings is 1. The second-order valence-electron chi connectivity index (χ2n) is 7.14. The number of amides is 2. The number of methoxy groups -OCH3 is 1. The van der Waals surface area contributed by atoms with E-state index in [0.29, 0.717) is 39.1 Å². The van der Waals surface area contributed by atoms with Gasteiger partial charge in [-0.15, -0.1) is 0 Å². The Morgan fingerprint density at radius 3 is 2.75 bits per heavy atom. The molecule has 0 unspecified atom stereocenters. The van der Waals surface area contributed by atoms with E-state index in [2.05, 4.69) is 10.4 Å². The molecular formula is C21H28N4O3. The minimum atomic E-state index is -0.283. The Kier molecular flexibility index (Phi) is 6.81. The van der Waals surface area contributed by atoms with Gasteiger partial charge in [-0.05, 0) is 25.0 Å². The Morgan fingerprint density at radius 2 is 2.07 bits per heavy atom. The summed E-state index contributed by atoms with van der Waals surface area (Å²) in [5, 5.41) is 7.17. The highest BCUT2D eigenvalue weighted by molar-refractivity contribution is 5.85. The number of nitrogens with one attached hydrogen (secondary N) is 1. The normalized spacial score (nSPS) is 19.6. The maximum atomic E-state index is 13.0. The number of carbonyl (C=O) groups excluding carboxylic acids is 2. The van der Waals surface area contributed by atoms with Crippen molar-refractivity contribution in [3.05, 3.63) is 53.9 Å². The Hall–Kier alpha value is -2.67. The first kappa shape index (κ1) is 20.1. The molecule has 2 amide bonds. The van der Waals surface area contributed by atoms with Crippen molar-refractivity contribution in [3.8, 4) is 0 Å². The fraction of sp³-hybridized carbons (Fsp3) is 0.476. The van der Waals surface area contributed by atoms with Crippen molar-refractivity contribution >= 4 is 11.8 Å². The van der Waals surface area contributed by atoms with Gasteiger partial charge in [0.2, 0.25) is 11.8 Å². The van der Waals surface area contributed by atoms with E-state index in [0.717, 1.165) is 11.1 Å². The Bertz CT molecular complexity index is 773. The number of aromatic nitrogens is 2. The van der Waals surface area contributed by atoms with Crippen LogP contribution in [0.2, 0.25) is 0 Å². The van der Waals surface area contributed by atoms with Crippen LogP contribution >= 0.6 is 0 Å². The molecule has 28 heavy (non-hydrogen) atoms. The molecule has 1 aromatic carbocycles. The number of ether oxygens (including phenoxy) is 1. The Morgan fingerprint density at radius 1 is 1.29 bits per heavy atom. The van der Waals surface area contributed by atoms with Crippen LogP contribution in [0.4, 0.5) is 0 Å². The maximum absolute atomic E-state index is 13.0. The number of hydrogen-bond acceptors (Lipinski definition) is 4. The highest BCUT2D eigenvalue weighted by Gasteiger charge is 2.40. The fourth-order valence-electron chi connectivity index (χ4n) is 3.71. The van der Waals surface area contributed by atoms with Crippen LogP contribution in [-0.2, 0) is 20.9 Å². The van der Waals surface area contributed by atoms with Crippen LogP contribution < -0.4 is 5.32 Å². The molecule has 2 aromatic rings. The van der Waals surface area contributed by atoms with E-state index in [1.165, 1.54) is 0 Å². The third-order valence-electron chi connectivity index (χ3n) is 5.20. The van der Waals surface area contributed by atoms with Crippen LogP contribution in [0.25, 0.3) is 0 Å². The summed E-state index contributed by atoms with van der Waals surface area (Å²) in [6, 6.07) is 9.66. The maximum Gasteiger partial charge on any atom is 0.225 e. The molecule has 7 nitrogen and oxygen atoms in total. The Balaban J connectivity index is 1.76. The molecule has 1 N–H and O–H groups in total. The number of carbonyl (C=O) groups is 2. The molecule has 1 fully saturated rings. The molecule has 1 aliphatic heterocycles. The first-order valence-corrected chi connectivity index (χ1v) is 9.70. The summed E-state index contributed by atoms with van der Waals surface area (Å²) in [5.74, 6) is -0.231. The molecule has 7 heteroatoms. The van der Waals surface area contributed by atoms with Gasteiger partial charge >= 0.3 is 0 Å². The van der Waals surface area contributed by atoms with Crippen LogP contribution in [0.1, 0.15) is 30.0 Å². The monoisotopic (exact) mass is 384 g/mol. The van der Waals surface area contributed by atoms with Crippen molar-refractivity contribution in [2.24, 2.45) is 5.92 Å². The molecule has 2 atom stereocenters. The molecule has 0 radical (unpaired) electrons. The van der Waals surface area contributed by atoms with Gasteiger partial charge in [-0.25, -0.2) is 0 Å². The van der Waals surface area contributed by atoms with Crippen LogP contribution in [0.3, 0.4) is 0 Å². The number of likely N-dealkylation sites (tertiary alicyclic amines) is 1. The molecule has 0 saturated carbocycles. The molecule has 1 saturated heterocycles. The van der Waals surface area contributed by atoms with Crippen molar-refractivity contribution < 1.29 is 14.3 Å². The highest BCUT2D eigenvalue weighted by atomic mass is 16.5. The van der Waals surface area contributed by atoms with Crippen LogP contribution in [0, 0.1) is 12.8 Å². The lowest BCUT2D eigenvalue weighted by Crippen LogP contribution is -2.49. The van der Waals surface area contributed by atoms with Crippen LogP contribution in [-0.4, -0.2) is 53.3 Å². The zero-order chi connectivity index (χ0) is 19.9. The summed E-state index contributed by atoms with van der Waals surface area (Å²) < 4.78 is 6.98. The third-order valence-corrected chi connectivity index (χ3v) is 5.20. The summed E-state index contributed by atoms with van der Waals surface area (Å²) in [7, 11) is 1.62. The molecule has 0 aliphatic carbocycles. The lowest BCUT2D eigenvalue weighted by Gasteiger charge is -2.40. The zero-order valence-electron chi connectivity index (χ0n) is 16.5. The van der Waals surface area contributed by atoms with E-state index < -0.39 is 0 Å². The van der Waals surface area contributed by atoms with Gasteiger partial charge in [-0.3, -0.25) is 14.3 Å². The largest absolute Gasteiger partial charge is 0.383 e. The van der Waals surface area contributed by atoms with Gasteiger partial charge in [0.1, 0.15) is 0 Å². The van der Waals surface area contributed by atoms with E-state index >= 15 is 0 Å². The van der Waals surface area contributed by atoms with E-state index in [4.69, 9.17) is 4.74 Å². The van der Waals surface area contributed by atoms with E-state index in [1.807, 2.05) is 43.5 Å². The number of benzene rings is 1. The molecular weight excluding hydrogens is 356 g/mol. The molecule has 0 bridgehead atoms. The second kappa shape index (κ2) is 9.50. The number of aryl methyl sites for hydroxylation is 1. The lowest BCUT2D eigenvalue weighted by molar-refractivity contribution is -0.144. The van der Waals surface area contributed by atoms with Gasteiger partial charge in [0.05, 0.1) is 25.1 Å². The standard InChI is InChI=1S/C21H28N4O3/c1-16-4-6-17(7-5-16)20-18(8-9-19(26)25(20)14-15-28-2)21(27)22-11-13-24-12-3-10-23-24/h3-7,10,12,18,20H,8-9,11,13-15H2,1-2H3,(H,22,27)/t18-,20-/m1/s1. The minimum absolute atomic E-state index is 0.0207. The molecule has 0 spiro atoms. The third kappa shape index (κ3) is 4.78. The predicted octanol–water partition coefficient (Wildman–Crippen LogP) is 1.93. The lowest BCUT2D eigenvalue weighted by atomic mass is 9.83. The average Bonchev–Trinajstić information content (AvgIpc) is 3.21. The van der Waals surface area contributed by atoms with E-state index in [1.54, 1.807) is 22.9 Å². The molecule has 150 valence electrons. The van der Waals surface area contributed by atoms with Crippen molar-refractivity contribution in [3.63, 3.8) is 0 Å². The summed E-state index contributed by atoms with van der Waals surface area (Å²) in [4.78, 5) is 27.4. The first-order chi connectivity index (χ1) is 13.6. The summed E-state index contributed by atoms with van der Waals surface area (Å²) in [5.41, 5.74) is 2.14. The van der Waals surface area contributed by atoms with E-state index in [-0.39, 0.29) is 23.8 Å². The topological polar surface area (TPSA) is 76.5 Å². The van der Waals surface area contributed by atoms with Crippen molar-refractivity contribution in [2.45, 2.75) is 32.4 Å². The van der Waals surface area contributed by atoms with Crippen LogP contribution in [0.15, 0.2) is 42.7 Å². The average molecular weight is 384 g/mol. The Labute approximate surface area is 165 Å². The molecule has 1 aliphatic rings. The van der Waals surface area contributed by atoms with Gasteiger partial charge in [0.25, 0.3) is 0 Å². The molecule has 3 rings (SSSR count). The van der Waals surface area contributed by atoms with Gasteiger partial charge in [-0.2, -0.15) is 5.10 Å². The number of hydrogen-bond donors (Lipinski definition) is 1.